The minimum Gasteiger partial charge on any atom is -0.207 e. The van der Waals surface area contributed by atoms with Crippen LogP contribution in [0.4, 0.5) is 17.6 Å². The third-order valence-electron chi connectivity index (χ3n) is 2.67. The molecule has 0 aliphatic heterocycles. The van der Waals surface area contributed by atoms with Crippen molar-refractivity contribution in [3.63, 3.8) is 0 Å². The van der Waals surface area contributed by atoms with E-state index >= 15 is 0 Å². The van der Waals surface area contributed by atoms with Gasteiger partial charge in [-0.2, -0.15) is 0 Å². The summed E-state index contributed by atoms with van der Waals surface area (Å²) in [7, 11) is -4.36. The van der Waals surface area contributed by atoms with E-state index in [1.54, 1.807) is 0 Å². The Bertz CT molecular complexity index is 760. The standard InChI is InChI=1S/C13H9F4NO2S/c14-9-3-1-8(2-4-9)7-18-21(19,20)11-6-5-10(15)12(16)13(11)17/h1-6,18H,7H2. The molecule has 2 aromatic rings. The second-order valence-electron chi connectivity index (χ2n) is 4.12. The summed E-state index contributed by atoms with van der Waals surface area (Å²) in [6, 6.07) is 6.06. The van der Waals surface area contributed by atoms with Crippen molar-refractivity contribution in [1.82, 2.24) is 4.72 Å². The van der Waals surface area contributed by atoms with E-state index in [1.165, 1.54) is 12.1 Å². The maximum Gasteiger partial charge on any atom is 0.243 e. The summed E-state index contributed by atoms with van der Waals surface area (Å²) in [5, 5.41) is 0. The van der Waals surface area contributed by atoms with Crippen LogP contribution in [0.25, 0.3) is 0 Å². The van der Waals surface area contributed by atoms with Gasteiger partial charge < -0.3 is 0 Å². The van der Waals surface area contributed by atoms with E-state index in [4.69, 9.17) is 0 Å². The molecule has 21 heavy (non-hydrogen) atoms. The number of rotatable bonds is 4. The second kappa shape index (κ2) is 5.82. The number of halogens is 4. The van der Waals surface area contributed by atoms with Crippen molar-refractivity contribution in [2.45, 2.75) is 11.4 Å². The maximum absolute atomic E-state index is 13.5. The number of benzene rings is 2. The van der Waals surface area contributed by atoms with Crippen molar-refractivity contribution in [1.29, 1.82) is 0 Å². The van der Waals surface area contributed by atoms with Crippen LogP contribution in [0.3, 0.4) is 0 Å². The van der Waals surface area contributed by atoms with Crippen molar-refractivity contribution in [3.05, 3.63) is 65.2 Å². The minimum atomic E-state index is -4.36. The molecule has 0 radical (unpaired) electrons. The van der Waals surface area contributed by atoms with E-state index in [0.29, 0.717) is 17.7 Å². The molecule has 0 fully saturated rings. The lowest BCUT2D eigenvalue weighted by molar-refractivity contribution is 0.431. The van der Waals surface area contributed by atoms with Crippen LogP contribution < -0.4 is 4.72 Å². The van der Waals surface area contributed by atoms with Crippen LogP contribution in [0.5, 0.6) is 0 Å². The van der Waals surface area contributed by atoms with Gasteiger partial charge in [0.1, 0.15) is 10.7 Å². The molecule has 112 valence electrons. The fourth-order valence-corrected chi connectivity index (χ4v) is 2.66. The third-order valence-corrected chi connectivity index (χ3v) is 4.09. The first-order chi connectivity index (χ1) is 9.81. The normalized spacial score (nSPS) is 11.6. The molecule has 0 heterocycles. The highest BCUT2D eigenvalue weighted by Gasteiger charge is 2.23. The molecule has 2 rings (SSSR count). The van der Waals surface area contributed by atoms with Gasteiger partial charge in [0.25, 0.3) is 0 Å². The highest BCUT2D eigenvalue weighted by atomic mass is 32.2. The number of hydrogen-bond acceptors (Lipinski definition) is 2. The number of sulfonamides is 1. The van der Waals surface area contributed by atoms with Crippen molar-refractivity contribution < 1.29 is 26.0 Å². The zero-order chi connectivity index (χ0) is 15.6. The first kappa shape index (κ1) is 15.5. The van der Waals surface area contributed by atoms with Crippen LogP contribution in [0.15, 0.2) is 41.3 Å². The van der Waals surface area contributed by atoms with Gasteiger partial charge in [-0.05, 0) is 29.8 Å². The molecule has 8 heteroatoms. The quantitative estimate of drug-likeness (QED) is 0.696. The molecule has 0 bridgehead atoms. The van der Waals surface area contributed by atoms with E-state index < -0.39 is 38.2 Å². The van der Waals surface area contributed by atoms with Gasteiger partial charge in [-0.1, -0.05) is 12.1 Å². The second-order valence-corrected chi connectivity index (χ2v) is 5.86. The predicted molar refractivity (Wildman–Crippen MR) is 66.7 cm³/mol. The zero-order valence-electron chi connectivity index (χ0n) is 10.4. The molecular weight excluding hydrogens is 310 g/mol. The topological polar surface area (TPSA) is 46.2 Å². The molecule has 0 saturated heterocycles. The molecule has 1 N–H and O–H groups in total. The first-order valence-corrected chi connectivity index (χ1v) is 7.17. The molecule has 0 aromatic heterocycles. The molecule has 0 aliphatic rings. The first-order valence-electron chi connectivity index (χ1n) is 5.69. The van der Waals surface area contributed by atoms with E-state index in [1.807, 2.05) is 4.72 Å². The van der Waals surface area contributed by atoms with Gasteiger partial charge >= 0.3 is 0 Å². The van der Waals surface area contributed by atoms with Crippen molar-refractivity contribution >= 4 is 10.0 Å². The van der Waals surface area contributed by atoms with Crippen LogP contribution >= 0.6 is 0 Å². The summed E-state index contributed by atoms with van der Waals surface area (Å²) < 4.78 is 77.7. The van der Waals surface area contributed by atoms with E-state index in [2.05, 4.69) is 0 Å². The summed E-state index contributed by atoms with van der Waals surface area (Å²) in [5.41, 5.74) is 0.419. The molecule has 0 unspecified atom stereocenters. The van der Waals surface area contributed by atoms with Gasteiger partial charge in [0.15, 0.2) is 17.5 Å². The largest absolute Gasteiger partial charge is 0.243 e. The fourth-order valence-electron chi connectivity index (χ4n) is 1.57. The molecule has 0 amide bonds. The average Bonchev–Trinajstić information content (AvgIpc) is 2.44. The van der Waals surface area contributed by atoms with Gasteiger partial charge in [-0.3, -0.25) is 0 Å². The SMILES string of the molecule is O=S(=O)(NCc1ccc(F)cc1)c1ccc(F)c(F)c1F. The fraction of sp³-hybridized carbons (Fsp3) is 0.0769. The van der Waals surface area contributed by atoms with E-state index in [9.17, 15) is 26.0 Å². The number of hydrogen-bond donors (Lipinski definition) is 1. The number of nitrogens with one attached hydrogen (secondary N) is 1. The Kier molecular flexibility index (Phi) is 4.29. The molecule has 0 spiro atoms. The van der Waals surface area contributed by atoms with Crippen molar-refractivity contribution in [2.24, 2.45) is 0 Å². The van der Waals surface area contributed by atoms with Crippen LogP contribution in [0.1, 0.15) is 5.56 Å². The van der Waals surface area contributed by atoms with Crippen LogP contribution in [0.2, 0.25) is 0 Å². The smallest absolute Gasteiger partial charge is 0.207 e. The molecule has 2 aromatic carbocycles. The van der Waals surface area contributed by atoms with Crippen LogP contribution in [0, 0.1) is 23.3 Å². The van der Waals surface area contributed by atoms with Gasteiger partial charge in [0.05, 0.1) is 0 Å². The van der Waals surface area contributed by atoms with Crippen LogP contribution in [-0.2, 0) is 16.6 Å². The Labute approximate surface area is 118 Å². The Balaban J connectivity index is 2.23. The predicted octanol–water partition coefficient (Wildman–Crippen LogP) is 2.72. The van der Waals surface area contributed by atoms with Gasteiger partial charge in [0.2, 0.25) is 10.0 Å². The molecule has 3 nitrogen and oxygen atoms in total. The lowest BCUT2D eigenvalue weighted by Crippen LogP contribution is -2.24. The van der Waals surface area contributed by atoms with Crippen molar-refractivity contribution in [3.8, 4) is 0 Å². The Morgan fingerprint density at radius 2 is 1.48 bits per heavy atom. The highest BCUT2D eigenvalue weighted by Crippen LogP contribution is 2.19. The average molecular weight is 319 g/mol. The summed E-state index contributed by atoms with van der Waals surface area (Å²) in [5.74, 6) is -5.63. The summed E-state index contributed by atoms with van der Waals surface area (Å²) >= 11 is 0. The monoisotopic (exact) mass is 319 g/mol. The Morgan fingerprint density at radius 3 is 2.10 bits per heavy atom. The van der Waals surface area contributed by atoms with Gasteiger partial charge in [-0.15, -0.1) is 0 Å². The summed E-state index contributed by atoms with van der Waals surface area (Å²) in [4.78, 5) is -0.997. The molecule has 0 saturated carbocycles. The molecular formula is C13H9F4NO2S. The lowest BCUT2D eigenvalue weighted by Gasteiger charge is -2.08. The maximum atomic E-state index is 13.5. The summed E-state index contributed by atoms with van der Waals surface area (Å²) in [6.45, 7) is -0.249. The summed E-state index contributed by atoms with van der Waals surface area (Å²) in [6.07, 6.45) is 0. The lowest BCUT2D eigenvalue weighted by atomic mass is 10.2. The molecule has 0 atom stereocenters. The van der Waals surface area contributed by atoms with E-state index in [-0.39, 0.29) is 6.54 Å². The Hall–Kier alpha value is -1.93. The Morgan fingerprint density at radius 1 is 0.857 bits per heavy atom. The molecule has 0 aliphatic carbocycles. The highest BCUT2D eigenvalue weighted by molar-refractivity contribution is 7.89. The van der Waals surface area contributed by atoms with Gasteiger partial charge in [0, 0.05) is 6.54 Å². The van der Waals surface area contributed by atoms with E-state index in [0.717, 1.165) is 12.1 Å². The van der Waals surface area contributed by atoms with Crippen molar-refractivity contribution in [2.75, 3.05) is 0 Å². The van der Waals surface area contributed by atoms with Crippen LogP contribution in [-0.4, -0.2) is 8.42 Å². The third kappa shape index (κ3) is 3.40. The zero-order valence-corrected chi connectivity index (χ0v) is 11.2. The minimum absolute atomic E-state index is 0.249. The van der Waals surface area contributed by atoms with Gasteiger partial charge in [-0.25, -0.2) is 30.7 Å².